The number of carbonyl (C=O) groups excluding carboxylic acids is 2. The van der Waals surface area contributed by atoms with Crippen LogP contribution in [0.5, 0.6) is 5.75 Å². The second-order valence-electron chi connectivity index (χ2n) is 5.08. The number of hydrogen-bond donors (Lipinski definition) is 0. The molecule has 1 heterocycles. The van der Waals surface area contributed by atoms with Gasteiger partial charge in [-0.3, -0.25) is 4.79 Å². The Morgan fingerprint density at radius 3 is 2.07 bits per heavy atom. The Hall–Kier alpha value is -3.05. The minimum Gasteiger partial charge on any atom is -0.465 e. The van der Waals surface area contributed by atoms with Crippen LogP contribution in [0.4, 0.5) is 32.0 Å². The first kappa shape index (κ1) is 20.3. The number of hydrogen-bond acceptors (Lipinski definition) is 5. The van der Waals surface area contributed by atoms with Gasteiger partial charge in [0, 0.05) is 0 Å². The first-order valence-corrected chi connectivity index (χ1v) is 7.00. The molecule has 1 aromatic rings. The first-order valence-electron chi connectivity index (χ1n) is 7.00. The predicted molar refractivity (Wildman–Crippen MR) is 78.8 cm³/mol. The van der Waals surface area contributed by atoms with Crippen LogP contribution in [-0.2, 0) is 14.3 Å². The Balaban J connectivity index is 2.42. The van der Waals surface area contributed by atoms with Crippen LogP contribution in [0, 0.1) is 0 Å². The van der Waals surface area contributed by atoms with Gasteiger partial charge in [-0.25, -0.2) is 4.79 Å². The fraction of sp³-hybridized carbons (Fsp3) is 0.267. The van der Waals surface area contributed by atoms with Crippen molar-refractivity contribution >= 4 is 23.3 Å². The van der Waals surface area contributed by atoms with E-state index in [0.717, 1.165) is 38.3 Å². The van der Waals surface area contributed by atoms with Gasteiger partial charge in [-0.1, -0.05) is 0 Å². The Labute approximate surface area is 147 Å². The molecule has 2 rings (SSSR count). The van der Waals surface area contributed by atoms with E-state index in [-0.39, 0.29) is 5.69 Å². The van der Waals surface area contributed by atoms with Gasteiger partial charge in [0.05, 0.1) is 24.1 Å². The molecule has 0 radical (unpaired) electrons. The molecule has 0 unspecified atom stereocenters. The molecular weight excluding hydrogens is 386 g/mol. The summed E-state index contributed by atoms with van der Waals surface area (Å²) in [6, 6.07) is 3.69. The lowest BCUT2D eigenvalue weighted by Crippen LogP contribution is -2.29. The Morgan fingerprint density at radius 1 is 1.07 bits per heavy atom. The molecule has 0 saturated heterocycles. The van der Waals surface area contributed by atoms with Crippen molar-refractivity contribution in [1.29, 1.82) is 0 Å². The number of benzene rings is 1. The van der Waals surface area contributed by atoms with E-state index >= 15 is 0 Å². The minimum absolute atomic E-state index is 0.129. The van der Waals surface area contributed by atoms with Gasteiger partial charge in [0.1, 0.15) is 5.75 Å². The number of nitrogens with zero attached hydrogens (tertiary/aromatic N) is 2. The maximum absolute atomic E-state index is 13.2. The van der Waals surface area contributed by atoms with Crippen LogP contribution in [0.15, 0.2) is 40.5 Å². The number of alkyl halides is 6. The average molecular weight is 396 g/mol. The number of carbonyl (C=O) groups is 2. The number of esters is 1. The van der Waals surface area contributed by atoms with Crippen molar-refractivity contribution < 1.29 is 45.4 Å². The van der Waals surface area contributed by atoms with Crippen molar-refractivity contribution in [2.75, 3.05) is 12.1 Å². The lowest BCUT2D eigenvalue weighted by atomic mass is 10.0. The van der Waals surface area contributed by atoms with Crippen LogP contribution in [0.3, 0.4) is 0 Å². The fourth-order valence-corrected chi connectivity index (χ4v) is 2.22. The van der Waals surface area contributed by atoms with Crippen molar-refractivity contribution in [1.82, 2.24) is 0 Å². The van der Waals surface area contributed by atoms with Crippen molar-refractivity contribution in [2.24, 2.45) is 5.10 Å². The molecule has 6 nitrogen and oxygen atoms in total. The molecule has 0 bridgehead atoms. The second kappa shape index (κ2) is 6.93. The lowest BCUT2D eigenvalue weighted by Gasteiger charge is -2.15. The minimum atomic E-state index is -5.19. The molecule has 12 heteroatoms. The molecule has 0 spiro atoms. The maximum atomic E-state index is 13.2. The SMILES string of the molecule is COC(=O)C(=C1C(=O)N(c2ccc(OC(F)(F)F)cc2)N=C1C)C(F)(F)F. The highest BCUT2D eigenvalue weighted by atomic mass is 19.4. The third kappa shape index (κ3) is 4.38. The average Bonchev–Trinajstić information content (AvgIpc) is 2.81. The molecule has 1 aliphatic heterocycles. The molecule has 1 aliphatic rings. The van der Waals surface area contributed by atoms with E-state index in [9.17, 15) is 35.9 Å². The summed E-state index contributed by atoms with van der Waals surface area (Å²) in [5.74, 6) is -3.65. The third-order valence-electron chi connectivity index (χ3n) is 3.26. The van der Waals surface area contributed by atoms with Crippen LogP contribution < -0.4 is 9.75 Å². The summed E-state index contributed by atoms with van der Waals surface area (Å²) in [7, 11) is 0.720. The summed E-state index contributed by atoms with van der Waals surface area (Å²) in [5, 5.41) is 4.17. The topological polar surface area (TPSA) is 68.2 Å². The van der Waals surface area contributed by atoms with Gasteiger partial charge >= 0.3 is 18.5 Å². The van der Waals surface area contributed by atoms with Crippen LogP contribution in [0.2, 0.25) is 0 Å². The zero-order chi connectivity index (χ0) is 20.6. The highest BCUT2D eigenvalue weighted by molar-refractivity contribution is 6.32. The first-order chi connectivity index (χ1) is 12.3. The highest BCUT2D eigenvalue weighted by Crippen LogP contribution is 2.34. The number of rotatable bonds is 3. The summed E-state index contributed by atoms with van der Waals surface area (Å²) in [6.07, 6.45) is -10.1. The van der Waals surface area contributed by atoms with E-state index in [1.54, 1.807) is 0 Å². The summed E-state index contributed by atoms with van der Waals surface area (Å²) < 4.78 is 83.8. The van der Waals surface area contributed by atoms with Crippen molar-refractivity contribution in [3.05, 3.63) is 35.4 Å². The summed E-state index contributed by atoms with van der Waals surface area (Å²) in [5.41, 5.74) is -3.37. The Bertz CT molecular complexity index is 824. The zero-order valence-corrected chi connectivity index (χ0v) is 13.6. The smallest absolute Gasteiger partial charge is 0.465 e. The molecule has 146 valence electrons. The lowest BCUT2D eigenvalue weighted by molar-refractivity contribution is -0.274. The quantitative estimate of drug-likeness (QED) is 0.447. The Morgan fingerprint density at radius 2 is 1.63 bits per heavy atom. The summed E-state index contributed by atoms with van der Waals surface area (Å²) >= 11 is 0. The number of ether oxygens (including phenoxy) is 2. The molecule has 0 aromatic heterocycles. The van der Waals surface area contributed by atoms with Crippen molar-refractivity contribution in [3.8, 4) is 5.75 Å². The number of hydrazone groups is 1. The molecule has 1 aromatic carbocycles. The largest absolute Gasteiger partial charge is 0.573 e. The van der Waals surface area contributed by atoms with Crippen LogP contribution in [0.1, 0.15) is 6.92 Å². The number of methoxy groups -OCH3 is 1. The molecule has 0 saturated carbocycles. The van der Waals surface area contributed by atoms with E-state index in [1.165, 1.54) is 0 Å². The molecule has 0 atom stereocenters. The van der Waals surface area contributed by atoms with Gasteiger partial charge in [-0.2, -0.15) is 23.3 Å². The monoisotopic (exact) mass is 396 g/mol. The standard InChI is InChI=1S/C15H10F6N2O4/c1-7-10(11(13(25)26-2)14(16,17)18)12(24)23(22-7)8-3-5-9(6-4-8)27-15(19,20)21/h3-6H,1-2H3. The highest BCUT2D eigenvalue weighted by Gasteiger charge is 2.47. The molecule has 1 amide bonds. The molecule has 0 fully saturated rings. The van der Waals surface area contributed by atoms with Gasteiger partial charge < -0.3 is 9.47 Å². The van der Waals surface area contributed by atoms with E-state index in [4.69, 9.17) is 0 Å². The molecule has 0 aliphatic carbocycles. The van der Waals surface area contributed by atoms with Gasteiger partial charge in [-0.05, 0) is 31.2 Å². The van der Waals surface area contributed by atoms with Crippen LogP contribution in [-0.4, -0.2) is 37.2 Å². The second-order valence-corrected chi connectivity index (χ2v) is 5.08. The van der Waals surface area contributed by atoms with E-state index in [1.807, 2.05) is 0 Å². The maximum Gasteiger partial charge on any atom is 0.573 e. The number of halogens is 6. The Kier molecular flexibility index (Phi) is 5.20. The molecular formula is C15H10F6N2O4. The van der Waals surface area contributed by atoms with E-state index in [0.29, 0.717) is 5.01 Å². The van der Waals surface area contributed by atoms with E-state index < -0.39 is 47.0 Å². The van der Waals surface area contributed by atoms with Crippen molar-refractivity contribution in [3.63, 3.8) is 0 Å². The zero-order valence-electron chi connectivity index (χ0n) is 13.6. The fourth-order valence-electron chi connectivity index (χ4n) is 2.22. The number of anilines is 1. The van der Waals surface area contributed by atoms with Crippen LogP contribution in [0.25, 0.3) is 0 Å². The summed E-state index contributed by atoms with van der Waals surface area (Å²) in [6.45, 7) is 1.07. The third-order valence-corrected chi connectivity index (χ3v) is 3.26. The van der Waals surface area contributed by atoms with E-state index in [2.05, 4.69) is 14.6 Å². The molecule has 0 N–H and O–H groups in total. The van der Waals surface area contributed by atoms with Gasteiger partial charge in [0.25, 0.3) is 5.91 Å². The van der Waals surface area contributed by atoms with Gasteiger partial charge in [0.2, 0.25) is 0 Å². The summed E-state index contributed by atoms with van der Waals surface area (Å²) in [4.78, 5) is 23.9. The van der Waals surface area contributed by atoms with Gasteiger partial charge in [-0.15, -0.1) is 13.2 Å². The van der Waals surface area contributed by atoms with Crippen LogP contribution >= 0.6 is 0 Å². The number of amides is 1. The van der Waals surface area contributed by atoms with Gasteiger partial charge in [0.15, 0.2) is 5.57 Å². The normalized spacial score (nSPS) is 17.0. The molecule has 27 heavy (non-hydrogen) atoms. The predicted octanol–water partition coefficient (Wildman–Crippen LogP) is 3.34. The van der Waals surface area contributed by atoms with Crippen molar-refractivity contribution in [2.45, 2.75) is 19.5 Å².